The van der Waals surface area contributed by atoms with Crippen LogP contribution in [0.2, 0.25) is 0 Å². The molecule has 4 fully saturated rings. The molecule has 8 nitrogen and oxygen atoms in total. The molecule has 42 heavy (non-hydrogen) atoms. The van der Waals surface area contributed by atoms with Gasteiger partial charge in [0.15, 0.2) is 29.4 Å². The second-order valence-corrected chi connectivity index (χ2v) is 13.3. The summed E-state index contributed by atoms with van der Waals surface area (Å²) < 4.78 is 51.4. The quantitative estimate of drug-likeness (QED) is 0.502. The first-order valence-corrected chi connectivity index (χ1v) is 14.5. The predicted molar refractivity (Wildman–Crippen MR) is 146 cm³/mol. The van der Waals surface area contributed by atoms with E-state index in [1.807, 2.05) is 0 Å². The van der Waals surface area contributed by atoms with E-state index in [-0.39, 0.29) is 30.4 Å². The number of carbonyl (C=O) groups excluding carboxylic acids is 3. The fraction of sp³-hybridized carbons (Fsp3) is 0.594. The normalized spacial score (nSPS) is 43.1. The molecular weight excluding hydrogens is 548 g/mol. The van der Waals surface area contributed by atoms with E-state index >= 15 is 8.78 Å². The van der Waals surface area contributed by atoms with Crippen LogP contribution >= 0.6 is 0 Å². The van der Waals surface area contributed by atoms with Crippen molar-refractivity contribution in [3.05, 3.63) is 59.2 Å². The average molecular weight is 586 g/mol. The highest BCUT2D eigenvalue weighted by atomic mass is 19.1. The van der Waals surface area contributed by atoms with Gasteiger partial charge in [-0.1, -0.05) is 25.1 Å². The van der Waals surface area contributed by atoms with Crippen LogP contribution in [-0.2, 0) is 30.3 Å². The minimum absolute atomic E-state index is 0.0282. The van der Waals surface area contributed by atoms with Crippen LogP contribution < -0.4 is 5.73 Å². The summed E-state index contributed by atoms with van der Waals surface area (Å²) in [5.74, 6) is -4.49. The van der Waals surface area contributed by atoms with Crippen molar-refractivity contribution in [1.82, 2.24) is 0 Å². The number of aliphatic hydroxyl groups is 1. The Labute approximate surface area is 243 Å². The van der Waals surface area contributed by atoms with Gasteiger partial charge in [0.05, 0.1) is 17.8 Å². The van der Waals surface area contributed by atoms with E-state index in [9.17, 15) is 19.5 Å². The molecule has 5 aliphatic rings. The lowest BCUT2D eigenvalue weighted by Crippen LogP contribution is -2.71. The largest absolute Gasteiger partial charge is 0.454 e. The van der Waals surface area contributed by atoms with Crippen molar-refractivity contribution < 1.29 is 42.5 Å². The van der Waals surface area contributed by atoms with Crippen molar-refractivity contribution in [2.24, 2.45) is 28.4 Å². The molecule has 9 atom stereocenters. The number of ketones is 2. The molecule has 10 heteroatoms. The Morgan fingerprint density at radius 3 is 2.48 bits per heavy atom. The Balaban J connectivity index is 1.35. The first-order chi connectivity index (χ1) is 19.6. The summed E-state index contributed by atoms with van der Waals surface area (Å²) in [4.78, 5) is 39.1. The number of hydrogen-bond acceptors (Lipinski definition) is 8. The number of nitrogens with two attached hydrogens (primary N) is 1. The summed E-state index contributed by atoms with van der Waals surface area (Å²) in [6.07, 6.45) is -0.558. The maximum atomic E-state index is 17.5. The number of halogens is 2. The van der Waals surface area contributed by atoms with Crippen LogP contribution in [0.1, 0.15) is 62.9 Å². The molecule has 1 aliphatic heterocycles. The van der Waals surface area contributed by atoms with Gasteiger partial charge < -0.3 is 25.1 Å². The summed E-state index contributed by atoms with van der Waals surface area (Å²) in [6, 6.07) is 6.51. The summed E-state index contributed by atoms with van der Waals surface area (Å²) in [5, 5.41) is 11.6. The Morgan fingerprint density at radius 1 is 1.12 bits per heavy atom. The van der Waals surface area contributed by atoms with Crippen molar-refractivity contribution >= 4 is 17.5 Å². The molecule has 0 spiro atoms. The lowest BCUT2D eigenvalue weighted by molar-refractivity contribution is -0.248. The van der Waals surface area contributed by atoms with Crippen LogP contribution in [0.3, 0.4) is 0 Å². The highest BCUT2D eigenvalue weighted by molar-refractivity contribution is 6.01. The van der Waals surface area contributed by atoms with E-state index < -0.39 is 82.2 Å². The third-order valence-corrected chi connectivity index (χ3v) is 10.8. The molecule has 1 aromatic rings. The van der Waals surface area contributed by atoms with Crippen molar-refractivity contribution in [2.75, 3.05) is 6.61 Å². The van der Waals surface area contributed by atoms with Gasteiger partial charge in [-0.05, 0) is 81.4 Å². The van der Waals surface area contributed by atoms with Gasteiger partial charge in [0.25, 0.3) is 0 Å². The molecule has 1 saturated heterocycles. The molecule has 0 amide bonds. The minimum atomic E-state index is -2.30. The Morgan fingerprint density at radius 2 is 1.81 bits per heavy atom. The number of esters is 1. The van der Waals surface area contributed by atoms with Crippen molar-refractivity contribution in [1.29, 1.82) is 0 Å². The first-order valence-electron chi connectivity index (χ1n) is 14.5. The Hall–Kier alpha value is -2.79. The van der Waals surface area contributed by atoms with Gasteiger partial charge in [0, 0.05) is 23.3 Å². The number of fused-ring (bicyclic) bond motifs is 7. The number of carbonyl (C=O) groups is 3. The molecule has 1 heterocycles. The molecule has 3 N–H and O–H groups in total. The van der Waals surface area contributed by atoms with Crippen LogP contribution in [0, 0.1) is 22.7 Å². The van der Waals surface area contributed by atoms with Gasteiger partial charge in [-0.25, -0.2) is 13.6 Å². The van der Waals surface area contributed by atoms with E-state index in [2.05, 4.69) is 0 Å². The zero-order chi connectivity index (χ0) is 30.5. The highest BCUT2D eigenvalue weighted by Crippen LogP contribution is 2.72. The zero-order valence-electron chi connectivity index (χ0n) is 24.2. The fourth-order valence-electron chi connectivity index (χ4n) is 8.90. The Bertz CT molecular complexity index is 1410. The van der Waals surface area contributed by atoms with Gasteiger partial charge >= 0.3 is 5.97 Å². The van der Waals surface area contributed by atoms with Crippen LogP contribution in [0.4, 0.5) is 8.78 Å². The molecule has 0 unspecified atom stereocenters. The standard InChI is InChI=1S/C32H37F2NO7/c1-28(2)41-26-13-20-21-12-23(33)22-11-19(36)9-10-29(22,3)31(21,34)24(37)14-30(20,4)32(26,42-28)25(38)16-40-27(39)18-7-5-17(15-35)6-8-18/h5-11,20-21,23-24,26,37H,12-16,35H2,1-4H3/t20-,21-,23-,24-,26+,29-,30-,31-,32+/m0/s1. The topological polar surface area (TPSA) is 125 Å². The second kappa shape index (κ2) is 9.35. The molecule has 0 aromatic heterocycles. The van der Waals surface area contributed by atoms with Crippen molar-refractivity contribution in [2.45, 2.75) is 88.9 Å². The average Bonchev–Trinajstić information content (AvgIpc) is 3.35. The summed E-state index contributed by atoms with van der Waals surface area (Å²) in [5.41, 5.74) is 0.0311. The number of Topliss-reactive ketones (excluding diaryl/α,β-unsaturated/α-hetero) is 1. The van der Waals surface area contributed by atoms with Crippen LogP contribution in [0.5, 0.6) is 0 Å². The van der Waals surface area contributed by atoms with Crippen LogP contribution in [-0.4, -0.2) is 64.7 Å². The van der Waals surface area contributed by atoms with Gasteiger partial charge in [-0.3, -0.25) is 9.59 Å². The third kappa shape index (κ3) is 3.74. The second-order valence-electron chi connectivity index (χ2n) is 13.3. The maximum absolute atomic E-state index is 17.5. The number of benzene rings is 1. The number of allylic oxidation sites excluding steroid dienone is 4. The number of ether oxygens (including phenoxy) is 3. The SMILES string of the molecule is CC1(C)O[C@@H]2C[C@H]3[C@@H]4C[C@H](F)C5=CC(=O)C=C[C@]5(C)[C@@]4(F)[C@@H](O)C[C@]3(C)[C@]2(C(=O)COC(=O)c2ccc(CN)cc2)O1. The van der Waals surface area contributed by atoms with E-state index in [0.717, 1.165) is 11.6 Å². The van der Waals surface area contributed by atoms with Gasteiger partial charge in [0.2, 0.25) is 5.78 Å². The summed E-state index contributed by atoms with van der Waals surface area (Å²) >= 11 is 0. The highest BCUT2D eigenvalue weighted by Gasteiger charge is 2.80. The van der Waals surface area contributed by atoms with Crippen LogP contribution in [0.25, 0.3) is 0 Å². The molecule has 0 bridgehead atoms. The summed E-state index contributed by atoms with van der Waals surface area (Å²) in [7, 11) is 0. The Kier molecular flexibility index (Phi) is 6.52. The molecule has 226 valence electrons. The monoisotopic (exact) mass is 585 g/mol. The van der Waals surface area contributed by atoms with E-state index in [1.165, 1.54) is 19.1 Å². The predicted octanol–water partition coefficient (Wildman–Crippen LogP) is 3.69. The fourth-order valence-corrected chi connectivity index (χ4v) is 8.90. The molecular formula is C32H37F2NO7. The molecule has 4 aliphatic carbocycles. The van der Waals surface area contributed by atoms with E-state index in [1.54, 1.807) is 45.0 Å². The molecule has 1 aromatic carbocycles. The number of aliphatic hydroxyl groups excluding tert-OH is 1. The molecule has 6 rings (SSSR count). The van der Waals surface area contributed by atoms with Gasteiger partial charge in [-0.2, -0.15) is 0 Å². The van der Waals surface area contributed by atoms with Crippen molar-refractivity contribution in [3.8, 4) is 0 Å². The van der Waals surface area contributed by atoms with E-state index in [0.29, 0.717) is 6.54 Å². The van der Waals surface area contributed by atoms with Gasteiger partial charge in [0.1, 0.15) is 6.17 Å². The minimum Gasteiger partial charge on any atom is -0.454 e. The lowest BCUT2D eigenvalue weighted by atomic mass is 9.44. The number of alkyl halides is 2. The number of rotatable bonds is 5. The van der Waals surface area contributed by atoms with Gasteiger partial charge in [-0.15, -0.1) is 0 Å². The molecule has 3 saturated carbocycles. The molecule has 0 radical (unpaired) electrons. The smallest absolute Gasteiger partial charge is 0.338 e. The van der Waals surface area contributed by atoms with Crippen LogP contribution in [0.15, 0.2) is 48.1 Å². The van der Waals surface area contributed by atoms with E-state index in [4.69, 9.17) is 19.9 Å². The lowest BCUT2D eigenvalue weighted by Gasteiger charge is -2.63. The maximum Gasteiger partial charge on any atom is 0.338 e. The number of hydrogen-bond donors (Lipinski definition) is 2. The summed E-state index contributed by atoms with van der Waals surface area (Å²) in [6.45, 7) is 6.31. The van der Waals surface area contributed by atoms with Crippen molar-refractivity contribution in [3.63, 3.8) is 0 Å². The third-order valence-electron chi connectivity index (χ3n) is 10.8. The zero-order valence-corrected chi connectivity index (χ0v) is 24.2. The first kappa shape index (κ1) is 29.3.